The van der Waals surface area contributed by atoms with Crippen LogP contribution in [0, 0.1) is 0 Å². The standard InChI is InChI=1S/C10H23N3O/c1-4-5-6-7-8-13(3)9(2)10(11)12-14/h9,14H,4-8H2,1-3H3,(H2,11,12). The lowest BCUT2D eigenvalue weighted by atomic mass is 10.2. The van der Waals surface area contributed by atoms with Crippen LogP contribution in [0.5, 0.6) is 0 Å². The van der Waals surface area contributed by atoms with Gasteiger partial charge in [0.25, 0.3) is 0 Å². The lowest BCUT2D eigenvalue weighted by Gasteiger charge is -2.23. The van der Waals surface area contributed by atoms with Crippen LogP contribution in [-0.2, 0) is 0 Å². The number of nitrogens with zero attached hydrogens (tertiary/aromatic N) is 2. The van der Waals surface area contributed by atoms with E-state index in [1.165, 1.54) is 25.7 Å². The Labute approximate surface area is 86.8 Å². The van der Waals surface area contributed by atoms with Crippen LogP contribution in [0.4, 0.5) is 0 Å². The van der Waals surface area contributed by atoms with Gasteiger partial charge in [-0.1, -0.05) is 31.3 Å². The second kappa shape index (κ2) is 7.62. The summed E-state index contributed by atoms with van der Waals surface area (Å²) >= 11 is 0. The number of hydrogen-bond donors (Lipinski definition) is 2. The smallest absolute Gasteiger partial charge is 0.156 e. The quantitative estimate of drug-likeness (QED) is 0.216. The summed E-state index contributed by atoms with van der Waals surface area (Å²) < 4.78 is 0. The van der Waals surface area contributed by atoms with Gasteiger partial charge in [0.1, 0.15) is 0 Å². The highest BCUT2D eigenvalue weighted by Gasteiger charge is 2.12. The number of rotatable bonds is 7. The van der Waals surface area contributed by atoms with Gasteiger partial charge in [0.15, 0.2) is 5.84 Å². The molecule has 84 valence electrons. The highest BCUT2D eigenvalue weighted by molar-refractivity contribution is 5.84. The van der Waals surface area contributed by atoms with E-state index in [1.807, 2.05) is 14.0 Å². The van der Waals surface area contributed by atoms with Crippen LogP contribution in [-0.4, -0.2) is 35.6 Å². The first-order valence-electron chi connectivity index (χ1n) is 5.31. The SMILES string of the molecule is CCCCCCN(C)C(C)C(N)=NO. The molecule has 1 unspecified atom stereocenters. The van der Waals surface area contributed by atoms with Gasteiger partial charge in [-0.2, -0.15) is 0 Å². The molecule has 0 bridgehead atoms. The van der Waals surface area contributed by atoms with Crippen LogP contribution >= 0.6 is 0 Å². The first-order chi connectivity index (χ1) is 6.63. The molecule has 0 aliphatic heterocycles. The molecular weight excluding hydrogens is 178 g/mol. The Morgan fingerprint density at radius 1 is 1.43 bits per heavy atom. The van der Waals surface area contributed by atoms with Gasteiger partial charge in [0.05, 0.1) is 6.04 Å². The second-order valence-corrected chi connectivity index (χ2v) is 3.74. The van der Waals surface area contributed by atoms with Crippen molar-refractivity contribution in [3.05, 3.63) is 0 Å². The third kappa shape index (κ3) is 5.07. The average molecular weight is 201 g/mol. The van der Waals surface area contributed by atoms with E-state index in [0.29, 0.717) is 0 Å². The summed E-state index contributed by atoms with van der Waals surface area (Å²) in [5.74, 6) is 0.281. The molecule has 0 heterocycles. The van der Waals surface area contributed by atoms with Crippen molar-refractivity contribution in [2.24, 2.45) is 10.9 Å². The number of hydrogen-bond acceptors (Lipinski definition) is 3. The van der Waals surface area contributed by atoms with Crippen LogP contribution in [0.3, 0.4) is 0 Å². The Morgan fingerprint density at radius 3 is 2.57 bits per heavy atom. The zero-order valence-electron chi connectivity index (χ0n) is 9.53. The molecule has 0 aliphatic rings. The number of amidine groups is 1. The van der Waals surface area contributed by atoms with E-state index in [1.54, 1.807) is 0 Å². The van der Waals surface area contributed by atoms with E-state index < -0.39 is 0 Å². The van der Waals surface area contributed by atoms with Crippen molar-refractivity contribution >= 4 is 5.84 Å². The molecule has 0 aliphatic carbocycles. The zero-order valence-corrected chi connectivity index (χ0v) is 9.53. The van der Waals surface area contributed by atoms with Gasteiger partial charge < -0.3 is 10.9 Å². The van der Waals surface area contributed by atoms with Crippen LogP contribution in [0.15, 0.2) is 5.16 Å². The summed E-state index contributed by atoms with van der Waals surface area (Å²) in [5, 5.41) is 11.5. The Balaban J connectivity index is 3.67. The van der Waals surface area contributed by atoms with Crippen molar-refractivity contribution in [2.45, 2.75) is 45.6 Å². The minimum Gasteiger partial charge on any atom is -0.409 e. The van der Waals surface area contributed by atoms with E-state index in [2.05, 4.69) is 17.0 Å². The van der Waals surface area contributed by atoms with Crippen molar-refractivity contribution in [1.82, 2.24) is 4.90 Å². The summed E-state index contributed by atoms with van der Waals surface area (Å²) in [4.78, 5) is 2.10. The highest BCUT2D eigenvalue weighted by atomic mass is 16.4. The van der Waals surface area contributed by atoms with E-state index in [0.717, 1.165) is 6.54 Å². The van der Waals surface area contributed by atoms with Crippen molar-refractivity contribution in [3.8, 4) is 0 Å². The fourth-order valence-electron chi connectivity index (χ4n) is 1.29. The summed E-state index contributed by atoms with van der Waals surface area (Å²) in [7, 11) is 1.99. The molecule has 0 aromatic heterocycles. The Morgan fingerprint density at radius 2 is 2.07 bits per heavy atom. The predicted octanol–water partition coefficient (Wildman–Crippen LogP) is 1.63. The van der Waals surface area contributed by atoms with Crippen LogP contribution in [0.2, 0.25) is 0 Å². The fourth-order valence-corrected chi connectivity index (χ4v) is 1.29. The van der Waals surface area contributed by atoms with Gasteiger partial charge in [-0.25, -0.2) is 0 Å². The molecule has 3 N–H and O–H groups in total. The maximum Gasteiger partial charge on any atom is 0.156 e. The summed E-state index contributed by atoms with van der Waals surface area (Å²) in [6.45, 7) is 5.13. The molecule has 0 amide bonds. The molecule has 0 rings (SSSR count). The van der Waals surface area contributed by atoms with Gasteiger partial charge in [-0.15, -0.1) is 0 Å². The van der Waals surface area contributed by atoms with E-state index in [-0.39, 0.29) is 11.9 Å². The maximum absolute atomic E-state index is 8.50. The van der Waals surface area contributed by atoms with Crippen molar-refractivity contribution in [3.63, 3.8) is 0 Å². The normalized spacial score (nSPS) is 14.7. The molecule has 1 atom stereocenters. The lowest BCUT2D eigenvalue weighted by molar-refractivity contribution is 0.280. The first kappa shape index (κ1) is 13.2. The Kier molecular flexibility index (Phi) is 7.20. The van der Waals surface area contributed by atoms with E-state index in [9.17, 15) is 0 Å². The molecule has 0 radical (unpaired) electrons. The van der Waals surface area contributed by atoms with Crippen LogP contribution in [0.1, 0.15) is 39.5 Å². The molecule has 0 saturated heterocycles. The molecule has 0 aromatic rings. The molecule has 4 nitrogen and oxygen atoms in total. The fraction of sp³-hybridized carbons (Fsp3) is 0.900. The number of likely N-dealkylation sites (N-methyl/N-ethyl adjacent to an activating group) is 1. The molecular formula is C10H23N3O. The van der Waals surface area contributed by atoms with Crippen molar-refractivity contribution in [1.29, 1.82) is 0 Å². The van der Waals surface area contributed by atoms with Gasteiger partial charge in [0.2, 0.25) is 0 Å². The number of nitrogens with two attached hydrogens (primary N) is 1. The van der Waals surface area contributed by atoms with Gasteiger partial charge in [-0.05, 0) is 26.9 Å². The molecule has 0 fully saturated rings. The van der Waals surface area contributed by atoms with Crippen molar-refractivity contribution in [2.75, 3.05) is 13.6 Å². The summed E-state index contributed by atoms with van der Waals surface area (Å²) in [6, 6.07) is 0.0154. The monoisotopic (exact) mass is 201 g/mol. The lowest BCUT2D eigenvalue weighted by Crippen LogP contribution is -2.40. The number of unbranched alkanes of at least 4 members (excludes halogenated alkanes) is 3. The topological polar surface area (TPSA) is 61.8 Å². The summed E-state index contributed by atoms with van der Waals surface area (Å²) in [6.07, 6.45) is 4.96. The largest absolute Gasteiger partial charge is 0.409 e. The third-order valence-electron chi connectivity index (χ3n) is 2.57. The third-order valence-corrected chi connectivity index (χ3v) is 2.57. The Hall–Kier alpha value is -0.770. The predicted molar refractivity (Wildman–Crippen MR) is 59.6 cm³/mol. The maximum atomic E-state index is 8.50. The molecule has 0 aromatic carbocycles. The van der Waals surface area contributed by atoms with Gasteiger partial charge in [0, 0.05) is 0 Å². The van der Waals surface area contributed by atoms with Gasteiger partial charge in [-0.3, -0.25) is 4.90 Å². The molecule has 0 spiro atoms. The molecule has 0 saturated carbocycles. The zero-order chi connectivity index (χ0) is 11.0. The van der Waals surface area contributed by atoms with Crippen molar-refractivity contribution < 1.29 is 5.21 Å². The first-order valence-corrected chi connectivity index (χ1v) is 5.31. The highest BCUT2D eigenvalue weighted by Crippen LogP contribution is 2.03. The molecule has 14 heavy (non-hydrogen) atoms. The number of oxime groups is 1. The minimum absolute atomic E-state index is 0.0154. The molecule has 4 heteroatoms. The summed E-state index contributed by atoms with van der Waals surface area (Å²) in [5.41, 5.74) is 5.51. The van der Waals surface area contributed by atoms with Gasteiger partial charge >= 0.3 is 0 Å². The Bertz CT molecular complexity index is 171. The minimum atomic E-state index is 0.0154. The van der Waals surface area contributed by atoms with E-state index >= 15 is 0 Å². The van der Waals surface area contributed by atoms with E-state index in [4.69, 9.17) is 10.9 Å². The van der Waals surface area contributed by atoms with Crippen LogP contribution in [0.25, 0.3) is 0 Å². The average Bonchev–Trinajstić information content (AvgIpc) is 2.21. The second-order valence-electron chi connectivity index (χ2n) is 3.74. The van der Waals surface area contributed by atoms with Crippen LogP contribution < -0.4 is 5.73 Å².